The quantitative estimate of drug-likeness (QED) is 0.737. The van der Waals surface area contributed by atoms with Crippen molar-refractivity contribution >= 4 is 17.5 Å². The summed E-state index contributed by atoms with van der Waals surface area (Å²) in [6, 6.07) is 16.6. The van der Waals surface area contributed by atoms with Crippen molar-refractivity contribution in [1.29, 1.82) is 0 Å². The summed E-state index contributed by atoms with van der Waals surface area (Å²) in [6.45, 7) is 3.38. The number of rotatable bonds is 4. The molecule has 0 saturated heterocycles. The third kappa shape index (κ3) is 3.89. The fourth-order valence-corrected chi connectivity index (χ4v) is 2.95. The van der Waals surface area contributed by atoms with Crippen molar-refractivity contribution in [2.45, 2.75) is 19.4 Å². The molecule has 0 atom stereocenters. The molecule has 0 aliphatic carbocycles. The Balaban J connectivity index is 2.13. The Labute approximate surface area is 163 Å². The molecule has 1 aromatic heterocycles. The minimum Gasteiger partial charge on any atom is -0.384 e. The molecule has 0 radical (unpaired) electrons. The van der Waals surface area contributed by atoms with Crippen molar-refractivity contribution < 1.29 is 9.90 Å². The molecule has 0 aliphatic heterocycles. The lowest BCUT2D eigenvalue weighted by Gasteiger charge is -2.13. The number of aliphatic hydroxyl groups is 1. The summed E-state index contributed by atoms with van der Waals surface area (Å²) in [5.41, 5.74) is 2.42. The van der Waals surface area contributed by atoms with Crippen LogP contribution in [0.4, 0.5) is 0 Å². The summed E-state index contributed by atoms with van der Waals surface area (Å²) in [6.07, 6.45) is 0. The zero-order chi connectivity index (χ0) is 19.8. The van der Waals surface area contributed by atoms with Crippen LogP contribution in [-0.2, 0) is 5.60 Å². The first kappa shape index (κ1) is 19.1. The predicted molar refractivity (Wildman–Crippen MR) is 107 cm³/mol. The molecule has 3 rings (SSSR count). The zero-order valence-corrected chi connectivity index (χ0v) is 16.5. The SMILES string of the molecule is CN(C)C(=O)c1ccc(-c2cc(C(C)(C)O)nn2-c2ccccc2Cl)cc1. The van der Waals surface area contributed by atoms with Crippen molar-refractivity contribution in [2.75, 3.05) is 14.1 Å². The minimum absolute atomic E-state index is 0.0571. The van der Waals surface area contributed by atoms with Crippen molar-refractivity contribution in [3.63, 3.8) is 0 Å². The monoisotopic (exact) mass is 383 g/mol. The van der Waals surface area contributed by atoms with Gasteiger partial charge in [0.2, 0.25) is 0 Å². The van der Waals surface area contributed by atoms with Crippen LogP contribution in [0.5, 0.6) is 0 Å². The van der Waals surface area contributed by atoms with Crippen LogP contribution in [0.25, 0.3) is 16.9 Å². The Morgan fingerprint density at radius 1 is 1.11 bits per heavy atom. The van der Waals surface area contributed by atoms with Crippen LogP contribution in [-0.4, -0.2) is 39.8 Å². The second-order valence-corrected chi connectivity index (χ2v) is 7.52. The van der Waals surface area contributed by atoms with E-state index in [1.54, 1.807) is 50.8 Å². The van der Waals surface area contributed by atoms with E-state index in [1.165, 1.54) is 4.90 Å². The fraction of sp³-hybridized carbons (Fsp3) is 0.238. The van der Waals surface area contributed by atoms with Gasteiger partial charge in [-0.3, -0.25) is 4.79 Å². The highest BCUT2D eigenvalue weighted by Crippen LogP contribution is 2.31. The second kappa shape index (κ2) is 7.18. The molecule has 2 aromatic carbocycles. The maximum atomic E-state index is 12.1. The van der Waals surface area contributed by atoms with E-state index in [0.29, 0.717) is 16.3 Å². The Morgan fingerprint density at radius 2 is 1.74 bits per heavy atom. The summed E-state index contributed by atoms with van der Waals surface area (Å²) < 4.78 is 1.72. The van der Waals surface area contributed by atoms with Gasteiger partial charge in [-0.15, -0.1) is 0 Å². The number of carbonyl (C=O) groups is 1. The molecule has 1 N–H and O–H groups in total. The van der Waals surface area contributed by atoms with Gasteiger partial charge in [0.1, 0.15) is 5.60 Å². The van der Waals surface area contributed by atoms with Gasteiger partial charge in [-0.25, -0.2) is 4.68 Å². The first-order valence-corrected chi connectivity index (χ1v) is 8.96. The molecule has 0 saturated carbocycles. The number of hydrogen-bond donors (Lipinski definition) is 1. The van der Waals surface area contributed by atoms with Crippen LogP contribution in [0.15, 0.2) is 54.6 Å². The number of halogens is 1. The van der Waals surface area contributed by atoms with Crippen LogP contribution in [0.2, 0.25) is 5.02 Å². The van der Waals surface area contributed by atoms with Gasteiger partial charge in [-0.2, -0.15) is 5.10 Å². The molecule has 0 fully saturated rings. The zero-order valence-electron chi connectivity index (χ0n) is 15.8. The number of carbonyl (C=O) groups excluding carboxylic acids is 1. The Bertz CT molecular complexity index is 970. The van der Waals surface area contributed by atoms with Gasteiger partial charge < -0.3 is 10.0 Å². The van der Waals surface area contributed by atoms with Gasteiger partial charge in [0, 0.05) is 25.2 Å². The van der Waals surface area contributed by atoms with Crippen LogP contribution >= 0.6 is 11.6 Å². The molecular formula is C21H22ClN3O2. The number of hydrogen-bond acceptors (Lipinski definition) is 3. The first-order valence-electron chi connectivity index (χ1n) is 8.58. The molecule has 0 bridgehead atoms. The largest absolute Gasteiger partial charge is 0.384 e. The molecule has 0 aliphatic rings. The Kier molecular flexibility index (Phi) is 5.09. The normalized spacial score (nSPS) is 11.5. The highest BCUT2D eigenvalue weighted by atomic mass is 35.5. The van der Waals surface area contributed by atoms with E-state index in [1.807, 2.05) is 36.4 Å². The number of amides is 1. The average molecular weight is 384 g/mol. The summed E-state index contributed by atoms with van der Waals surface area (Å²) in [4.78, 5) is 13.7. The summed E-state index contributed by atoms with van der Waals surface area (Å²) >= 11 is 6.37. The molecule has 0 spiro atoms. The van der Waals surface area contributed by atoms with E-state index in [9.17, 15) is 9.90 Å². The van der Waals surface area contributed by atoms with Gasteiger partial charge in [0.15, 0.2) is 0 Å². The van der Waals surface area contributed by atoms with Gasteiger partial charge in [0.05, 0.1) is 22.1 Å². The molecule has 1 heterocycles. The molecule has 140 valence electrons. The molecule has 5 nitrogen and oxygen atoms in total. The summed E-state index contributed by atoms with van der Waals surface area (Å²) in [5.74, 6) is -0.0571. The van der Waals surface area contributed by atoms with E-state index in [2.05, 4.69) is 5.10 Å². The average Bonchev–Trinajstić information content (AvgIpc) is 3.07. The third-order valence-corrected chi connectivity index (χ3v) is 4.57. The van der Waals surface area contributed by atoms with E-state index < -0.39 is 5.60 Å². The van der Waals surface area contributed by atoms with Crippen molar-refractivity contribution in [3.8, 4) is 16.9 Å². The summed E-state index contributed by atoms with van der Waals surface area (Å²) in [5, 5.41) is 15.5. The van der Waals surface area contributed by atoms with Gasteiger partial charge in [-0.05, 0) is 44.2 Å². The molecular weight excluding hydrogens is 362 g/mol. The maximum Gasteiger partial charge on any atom is 0.253 e. The van der Waals surface area contributed by atoms with E-state index in [0.717, 1.165) is 16.9 Å². The van der Waals surface area contributed by atoms with Gasteiger partial charge in [0.25, 0.3) is 5.91 Å². The van der Waals surface area contributed by atoms with Crippen molar-refractivity contribution in [1.82, 2.24) is 14.7 Å². The van der Waals surface area contributed by atoms with E-state index >= 15 is 0 Å². The number of aromatic nitrogens is 2. The van der Waals surface area contributed by atoms with Crippen LogP contribution in [0, 0.1) is 0 Å². The van der Waals surface area contributed by atoms with Gasteiger partial charge >= 0.3 is 0 Å². The molecule has 3 aromatic rings. The maximum absolute atomic E-state index is 12.1. The first-order chi connectivity index (χ1) is 12.7. The Hall–Kier alpha value is -2.63. The highest BCUT2D eigenvalue weighted by molar-refractivity contribution is 6.32. The lowest BCUT2D eigenvalue weighted by atomic mass is 10.0. The highest BCUT2D eigenvalue weighted by Gasteiger charge is 2.23. The summed E-state index contributed by atoms with van der Waals surface area (Å²) in [7, 11) is 3.44. The number of benzene rings is 2. The molecule has 1 amide bonds. The smallest absolute Gasteiger partial charge is 0.253 e. The van der Waals surface area contributed by atoms with E-state index in [-0.39, 0.29) is 5.91 Å². The van der Waals surface area contributed by atoms with Crippen molar-refractivity contribution in [3.05, 3.63) is 70.9 Å². The van der Waals surface area contributed by atoms with E-state index in [4.69, 9.17) is 11.6 Å². The molecule has 27 heavy (non-hydrogen) atoms. The molecule has 0 unspecified atom stereocenters. The van der Waals surface area contributed by atoms with Crippen molar-refractivity contribution in [2.24, 2.45) is 0 Å². The minimum atomic E-state index is -1.10. The van der Waals surface area contributed by atoms with Crippen LogP contribution < -0.4 is 0 Å². The standard InChI is InChI=1S/C21H22ClN3O2/c1-21(2,27)19-13-18(25(23-19)17-8-6-5-7-16(17)22)14-9-11-15(12-10-14)20(26)24(3)4/h5-13,27H,1-4H3. The van der Waals surface area contributed by atoms with Crippen LogP contribution in [0.3, 0.4) is 0 Å². The predicted octanol–water partition coefficient (Wildman–Crippen LogP) is 4.12. The lowest BCUT2D eigenvalue weighted by Crippen LogP contribution is -2.21. The number of nitrogens with zero attached hydrogens (tertiary/aromatic N) is 3. The topological polar surface area (TPSA) is 58.4 Å². The van der Waals surface area contributed by atoms with Gasteiger partial charge in [-0.1, -0.05) is 35.9 Å². The molecule has 6 heteroatoms. The lowest BCUT2D eigenvalue weighted by molar-refractivity contribution is 0.0734. The second-order valence-electron chi connectivity index (χ2n) is 7.11. The third-order valence-electron chi connectivity index (χ3n) is 4.25. The Morgan fingerprint density at radius 3 is 2.30 bits per heavy atom. The van der Waals surface area contributed by atoms with Crippen LogP contribution in [0.1, 0.15) is 29.9 Å². The fourth-order valence-electron chi connectivity index (χ4n) is 2.73. The number of para-hydroxylation sites is 1.